The molecule has 0 radical (unpaired) electrons. The Balaban J connectivity index is 1.51. The van der Waals surface area contributed by atoms with E-state index in [4.69, 9.17) is 4.42 Å². The van der Waals surface area contributed by atoms with Crippen LogP contribution in [0.1, 0.15) is 41.7 Å². The van der Waals surface area contributed by atoms with Crippen LogP contribution in [0.5, 0.6) is 0 Å². The van der Waals surface area contributed by atoms with Crippen molar-refractivity contribution in [2.75, 3.05) is 4.90 Å². The van der Waals surface area contributed by atoms with Gasteiger partial charge in [-0.25, -0.2) is 0 Å². The average Bonchev–Trinajstić information content (AvgIpc) is 3.29. The van der Waals surface area contributed by atoms with Crippen LogP contribution in [0.4, 0.5) is 17.1 Å². The number of nitrogens with zero attached hydrogens (tertiary/aromatic N) is 1. The fourth-order valence-electron chi connectivity index (χ4n) is 7.43. The van der Waals surface area contributed by atoms with Gasteiger partial charge in [0.2, 0.25) is 6.71 Å². The Morgan fingerprint density at radius 1 is 0.667 bits per heavy atom. The normalized spacial score (nSPS) is 14.9. The van der Waals surface area contributed by atoms with E-state index in [2.05, 4.69) is 131 Å². The summed E-state index contributed by atoms with van der Waals surface area (Å²) < 4.78 is 6.40. The molecule has 0 spiro atoms. The molecule has 2 aliphatic rings. The number of rotatable bonds is 1. The molecule has 5 aromatic carbocycles. The minimum atomic E-state index is -0.172. The van der Waals surface area contributed by atoms with Crippen LogP contribution >= 0.6 is 0 Å². The molecule has 0 amide bonds. The molecule has 3 heterocycles. The second kappa shape index (κ2) is 7.67. The SMILES string of the molecule is Cc1ccc(N2c3ccc(C)cc3B3c4cc5c(cc4C(C)(C)c4c(C)ccc2c43)oc2ccccc25)cc1. The summed E-state index contributed by atoms with van der Waals surface area (Å²) in [5.41, 5.74) is 16.4. The Kier molecular flexibility index (Phi) is 4.47. The summed E-state index contributed by atoms with van der Waals surface area (Å²) >= 11 is 0. The van der Waals surface area contributed by atoms with Gasteiger partial charge in [-0.3, -0.25) is 0 Å². The van der Waals surface area contributed by atoms with Crippen LogP contribution in [0.15, 0.2) is 95.4 Å². The van der Waals surface area contributed by atoms with Gasteiger partial charge in [-0.1, -0.05) is 85.0 Å². The molecule has 6 aromatic rings. The predicted molar refractivity (Wildman–Crippen MR) is 166 cm³/mol. The summed E-state index contributed by atoms with van der Waals surface area (Å²) in [7, 11) is 0. The standard InChI is InChI=1S/C36H30BNO/c1-21-10-14-24(15-11-21)38-30-16-12-22(2)18-29(30)37-28-19-26-25-8-6-7-9-32(25)39-33(26)20-27(28)36(4,5)34-23(3)13-17-31(38)35(34)37/h6-20H,1-5H3. The van der Waals surface area contributed by atoms with Crippen molar-refractivity contribution in [1.29, 1.82) is 0 Å². The Morgan fingerprint density at radius 2 is 1.41 bits per heavy atom. The van der Waals surface area contributed by atoms with Crippen molar-refractivity contribution in [3.05, 3.63) is 119 Å². The number of hydrogen-bond donors (Lipinski definition) is 0. The van der Waals surface area contributed by atoms with E-state index in [-0.39, 0.29) is 12.1 Å². The zero-order chi connectivity index (χ0) is 26.6. The van der Waals surface area contributed by atoms with Crippen LogP contribution < -0.4 is 21.3 Å². The molecule has 8 rings (SSSR count). The summed E-state index contributed by atoms with van der Waals surface area (Å²) in [5, 5.41) is 2.39. The van der Waals surface area contributed by atoms with Crippen molar-refractivity contribution < 1.29 is 4.42 Å². The maximum absolute atomic E-state index is 6.40. The van der Waals surface area contributed by atoms with Crippen molar-refractivity contribution >= 4 is 62.1 Å². The highest BCUT2D eigenvalue weighted by Gasteiger charge is 2.47. The number of anilines is 3. The monoisotopic (exact) mass is 503 g/mol. The van der Waals surface area contributed by atoms with Crippen molar-refractivity contribution in [1.82, 2.24) is 0 Å². The van der Waals surface area contributed by atoms with Gasteiger partial charge in [-0.15, -0.1) is 0 Å². The molecular formula is C36H30BNO. The first-order valence-corrected chi connectivity index (χ1v) is 13.9. The minimum Gasteiger partial charge on any atom is -0.456 e. The second-order valence-corrected chi connectivity index (χ2v) is 12.0. The van der Waals surface area contributed by atoms with Gasteiger partial charge in [0, 0.05) is 33.2 Å². The first-order valence-electron chi connectivity index (χ1n) is 13.9. The highest BCUT2D eigenvalue weighted by molar-refractivity contribution is 6.99. The number of para-hydroxylation sites is 1. The van der Waals surface area contributed by atoms with E-state index in [0.29, 0.717) is 0 Å². The lowest BCUT2D eigenvalue weighted by Gasteiger charge is -2.46. The maximum Gasteiger partial charge on any atom is 0.247 e. The van der Waals surface area contributed by atoms with Gasteiger partial charge in [-0.2, -0.15) is 0 Å². The molecule has 0 fully saturated rings. The molecule has 1 aromatic heterocycles. The van der Waals surface area contributed by atoms with Crippen LogP contribution in [0.2, 0.25) is 0 Å². The second-order valence-electron chi connectivity index (χ2n) is 12.0. The van der Waals surface area contributed by atoms with Gasteiger partial charge in [0.1, 0.15) is 11.2 Å². The lowest BCUT2D eigenvalue weighted by molar-refractivity contribution is 0.633. The number of fused-ring (bicyclic) bond motifs is 7. The lowest BCUT2D eigenvalue weighted by atomic mass is 9.30. The van der Waals surface area contributed by atoms with Crippen molar-refractivity contribution in [3.8, 4) is 0 Å². The number of hydrogen-bond acceptors (Lipinski definition) is 2. The summed E-state index contributed by atoms with van der Waals surface area (Å²) in [6, 6.07) is 33.8. The summed E-state index contributed by atoms with van der Waals surface area (Å²) in [5.74, 6) is 0. The topological polar surface area (TPSA) is 16.4 Å². The Bertz CT molecular complexity index is 1980. The quantitative estimate of drug-likeness (QED) is 0.216. The third-order valence-corrected chi connectivity index (χ3v) is 9.15. The van der Waals surface area contributed by atoms with E-state index in [0.717, 1.165) is 11.2 Å². The van der Waals surface area contributed by atoms with E-state index in [1.54, 1.807) is 0 Å². The van der Waals surface area contributed by atoms with E-state index in [1.807, 2.05) is 0 Å². The number of benzene rings is 5. The molecule has 3 heteroatoms. The third-order valence-electron chi connectivity index (χ3n) is 9.15. The molecule has 0 saturated heterocycles. The molecular weight excluding hydrogens is 473 g/mol. The smallest absolute Gasteiger partial charge is 0.247 e. The summed E-state index contributed by atoms with van der Waals surface area (Å²) in [6.07, 6.45) is 0. The number of furan rings is 1. The largest absolute Gasteiger partial charge is 0.456 e. The third kappa shape index (κ3) is 2.99. The zero-order valence-electron chi connectivity index (χ0n) is 23.1. The Labute approximate surface area is 230 Å². The summed E-state index contributed by atoms with van der Waals surface area (Å²) in [6.45, 7) is 11.6. The molecule has 0 unspecified atom stereocenters. The summed E-state index contributed by atoms with van der Waals surface area (Å²) in [4.78, 5) is 2.48. The van der Waals surface area contributed by atoms with Gasteiger partial charge < -0.3 is 9.32 Å². The van der Waals surface area contributed by atoms with E-state index < -0.39 is 0 Å². The van der Waals surface area contributed by atoms with Crippen molar-refractivity contribution in [3.63, 3.8) is 0 Å². The highest BCUT2D eigenvalue weighted by Crippen LogP contribution is 2.44. The van der Waals surface area contributed by atoms with E-state index in [9.17, 15) is 0 Å². The molecule has 188 valence electrons. The number of aryl methyl sites for hydroxylation is 3. The first kappa shape index (κ1) is 22.7. The Morgan fingerprint density at radius 3 is 2.23 bits per heavy atom. The molecule has 0 atom stereocenters. The maximum atomic E-state index is 6.40. The van der Waals surface area contributed by atoms with Crippen LogP contribution in [0, 0.1) is 20.8 Å². The van der Waals surface area contributed by atoms with Crippen LogP contribution in [-0.4, -0.2) is 6.71 Å². The molecule has 0 bridgehead atoms. The van der Waals surface area contributed by atoms with Crippen LogP contribution in [0.3, 0.4) is 0 Å². The van der Waals surface area contributed by atoms with Crippen LogP contribution in [0.25, 0.3) is 21.9 Å². The fraction of sp³-hybridized carbons (Fsp3) is 0.167. The van der Waals surface area contributed by atoms with Gasteiger partial charge in [0.15, 0.2) is 0 Å². The Hall–Kier alpha value is -4.24. The molecule has 39 heavy (non-hydrogen) atoms. The first-order chi connectivity index (χ1) is 18.8. The average molecular weight is 503 g/mol. The van der Waals surface area contributed by atoms with Crippen molar-refractivity contribution in [2.24, 2.45) is 0 Å². The minimum absolute atomic E-state index is 0.160. The zero-order valence-corrected chi connectivity index (χ0v) is 23.1. The molecule has 2 nitrogen and oxygen atoms in total. The molecule has 0 aliphatic carbocycles. The van der Waals surface area contributed by atoms with Gasteiger partial charge in [0.25, 0.3) is 0 Å². The van der Waals surface area contributed by atoms with Crippen molar-refractivity contribution in [2.45, 2.75) is 40.0 Å². The molecule has 0 saturated carbocycles. The van der Waals surface area contributed by atoms with Crippen LogP contribution in [-0.2, 0) is 5.41 Å². The fourth-order valence-corrected chi connectivity index (χ4v) is 7.43. The lowest BCUT2D eigenvalue weighted by Crippen LogP contribution is -2.64. The van der Waals surface area contributed by atoms with Gasteiger partial charge in [-0.05, 0) is 84.8 Å². The van der Waals surface area contributed by atoms with E-state index >= 15 is 0 Å². The highest BCUT2D eigenvalue weighted by atomic mass is 16.3. The predicted octanol–water partition coefficient (Wildman–Crippen LogP) is 7.45. The van der Waals surface area contributed by atoms with E-state index in [1.165, 1.54) is 72.0 Å². The van der Waals surface area contributed by atoms with Gasteiger partial charge in [0.05, 0.1) is 0 Å². The van der Waals surface area contributed by atoms with Gasteiger partial charge >= 0.3 is 0 Å². The molecule has 2 aliphatic heterocycles. The molecule has 0 N–H and O–H groups in total.